The van der Waals surface area contributed by atoms with Gasteiger partial charge in [-0.3, -0.25) is 0 Å². The molecule has 2 unspecified atom stereocenters. The summed E-state index contributed by atoms with van der Waals surface area (Å²) in [5.74, 6) is -0.659. The van der Waals surface area contributed by atoms with Crippen molar-refractivity contribution >= 4 is 72.3 Å². The predicted molar refractivity (Wildman–Crippen MR) is 90.7 cm³/mol. The van der Waals surface area contributed by atoms with Crippen molar-refractivity contribution in [1.82, 2.24) is 0 Å². The molecule has 2 atom stereocenters. The van der Waals surface area contributed by atoms with E-state index in [1.165, 1.54) is 36.0 Å². The first-order valence-corrected chi connectivity index (χ1v) is 10.4. The summed E-state index contributed by atoms with van der Waals surface area (Å²) < 4.78 is 27.2. The van der Waals surface area contributed by atoms with E-state index in [1.54, 1.807) is 0 Å². The van der Waals surface area contributed by atoms with Gasteiger partial charge in [-0.25, -0.2) is 13.2 Å². The molecular weight excluding hydrogens is 416 g/mol. The Labute approximate surface area is 151 Å². The number of hydrogen-bond acceptors (Lipinski definition) is 6. The molecule has 22 heavy (non-hydrogen) atoms. The molecule has 0 fully saturated rings. The molecule has 5 nitrogen and oxygen atoms in total. The fourth-order valence-corrected chi connectivity index (χ4v) is 3.41. The Bertz CT molecular complexity index is 621. The maximum atomic E-state index is 12.0. The highest BCUT2D eigenvalue weighted by molar-refractivity contribution is 8.13. The number of ether oxygens (including phenoxy) is 1. The monoisotopic (exact) mass is 425 g/mol. The molecule has 0 spiro atoms. The maximum Gasteiger partial charge on any atom is 0.348 e. The number of esters is 1. The number of carbonyl (C=O) groups excluding carboxylic acids is 1. The van der Waals surface area contributed by atoms with E-state index < -0.39 is 25.4 Å². The Kier molecular flexibility index (Phi) is 7.59. The number of alkyl halides is 3. The van der Waals surface area contributed by atoms with Crippen LogP contribution in [0.2, 0.25) is 0 Å². The highest BCUT2D eigenvalue weighted by Gasteiger charge is 2.41. The first-order chi connectivity index (χ1) is 10.1. The summed E-state index contributed by atoms with van der Waals surface area (Å²) in [6.07, 6.45) is 0. The maximum absolute atomic E-state index is 12.0. The van der Waals surface area contributed by atoms with E-state index in [1.807, 2.05) is 0 Å². The zero-order chi connectivity index (χ0) is 17.0. The molecule has 0 radical (unpaired) electrons. The standard InChI is InChI=1S/C11H11Cl4NO4S2/c12-6-21-5-9(13)11(14,16)10(17)20-7-1-3-8(4-2-7)22(15,18)19/h1-4,9H,5-6,16H2. The molecule has 0 aromatic heterocycles. The Morgan fingerprint density at radius 1 is 1.36 bits per heavy atom. The summed E-state index contributed by atoms with van der Waals surface area (Å²) in [4.78, 5) is 9.89. The van der Waals surface area contributed by atoms with Crippen LogP contribution in [0.15, 0.2) is 29.2 Å². The smallest absolute Gasteiger partial charge is 0.348 e. The van der Waals surface area contributed by atoms with Gasteiger partial charge >= 0.3 is 5.97 Å². The van der Waals surface area contributed by atoms with Crippen LogP contribution in [-0.4, -0.2) is 35.7 Å². The summed E-state index contributed by atoms with van der Waals surface area (Å²) in [6.45, 7) is 0. The Hall–Kier alpha value is 0.110. The topological polar surface area (TPSA) is 86.5 Å². The lowest BCUT2D eigenvalue weighted by Gasteiger charge is -2.24. The SMILES string of the molecule is NC(Cl)(C(=O)Oc1ccc(S(=O)(=O)Cl)cc1)C(Cl)CSCCl. The first kappa shape index (κ1) is 20.2. The lowest BCUT2D eigenvalue weighted by Crippen LogP contribution is -2.53. The highest BCUT2D eigenvalue weighted by Crippen LogP contribution is 2.26. The van der Waals surface area contributed by atoms with Crippen LogP contribution in [0.3, 0.4) is 0 Å². The molecule has 1 aromatic rings. The van der Waals surface area contributed by atoms with Gasteiger partial charge in [0.05, 0.1) is 15.5 Å². The molecule has 0 aliphatic heterocycles. The van der Waals surface area contributed by atoms with Crippen LogP contribution < -0.4 is 10.5 Å². The molecule has 0 aliphatic carbocycles. The zero-order valence-electron chi connectivity index (χ0n) is 10.8. The minimum atomic E-state index is -3.86. The van der Waals surface area contributed by atoms with Gasteiger partial charge in [-0.1, -0.05) is 11.6 Å². The van der Waals surface area contributed by atoms with Gasteiger partial charge in [0.2, 0.25) is 5.00 Å². The van der Waals surface area contributed by atoms with E-state index in [2.05, 4.69) is 0 Å². The van der Waals surface area contributed by atoms with Crippen LogP contribution in [0.25, 0.3) is 0 Å². The molecule has 0 saturated carbocycles. The normalized spacial score (nSPS) is 15.9. The van der Waals surface area contributed by atoms with Gasteiger partial charge < -0.3 is 10.5 Å². The van der Waals surface area contributed by atoms with E-state index in [0.717, 1.165) is 0 Å². The quantitative estimate of drug-likeness (QED) is 0.237. The van der Waals surface area contributed by atoms with E-state index in [-0.39, 0.29) is 21.6 Å². The molecule has 1 rings (SSSR count). The molecule has 0 saturated heterocycles. The summed E-state index contributed by atoms with van der Waals surface area (Å²) in [5.41, 5.74) is 5.68. The molecule has 1 aromatic carbocycles. The van der Waals surface area contributed by atoms with E-state index in [4.69, 9.17) is 56.0 Å². The van der Waals surface area contributed by atoms with Crippen molar-refractivity contribution in [3.8, 4) is 5.75 Å². The van der Waals surface area contributed by atoms with Gasteiger partial charge in [-0.15, -0.1) is 35.0 Å². The first-order valence-electron chi connectivity index (χ1n) is 5.61. The Morgan fingerprint density at radius 2 is 1.91 bits per heavy atom. The van der Waals surface area contributed by atoms with E-state index in [9.17, 15) is 13.2 Å². The number of nitrogens with two attached hydrogens (primary N) is 1. The van der Waals surface area contributed by atoms with Crippen molar-refractivity contribution in [1.29, 1.82) is 0 Å². The van der Waals surface area contributed by atoms with E-state index in [0.29, 0.717) is 0 Å². The van der Waals surface area contributed by atoms with Crippen molar-refractivity contribution in [2.24, 2.45) is 5.73 Å². The third kappa shape index (κ3) is 5.63. The van der Waals surface area contributed by atoms with Crippen molar-refractivity contribution in [3.63, 3.8) is 0 Å². The third-order valence-electron chi connectivity index (χ3n) is 2.43. The molecule has 0 bridgehead atoms. The third-order valence-corrected chi connectivity index (χ3v) is 6.19. The van der Waals surface area contributed by atoms with Crippen molar-refractivity contribution in [2.45, 2.75) is 15.3 Å². The second-order valence-electron chi connectivity index (χ2n) is 4.01. The number of thioether (sulfide) groups is 1. The lowest BCUT2D eigenvalue weighted by atomic mass is 10.2. The second kappa shape index (κ2) is 8.28. The molecule has 0 heterocycles. The van der Waals surface area contributed by atoms with Crippen LogP contribution in [0.5, 0.6) is 5.75 Å². The molecule has 124 valence electrons. The summed E-state index contributed by atoms with van der Waals surface area (Å²) in [6, 6.07) is 4.85. The van der Waals surface area contributed by atoms with Crippen LogP contribution >= 0.6 is 57.2 Å². The summed E-state index contributed by atoms with van der Waals surface area (Å²) >= 11 is 18.6. The molecule has 0 amide bonds. The van der Waals surface area contributed by atoms with Crippen LogP contribution in [0, 0.1) is 0 Å². The van der Waals surface area contributed by atoms with Gasteiger partial charge in [0.1, 0.15) is 5.75 Å². The van der Waals surface area contributed by atoms with Gasteiger partial charge in [-0.05, 0) is 24.3 Å². The largest absolute Gasteiger partial charge is 0.424 e. The predicted octanol–water partition coefficient (Wildman–Crippen LogP) is 2.95. The summed E-state index contributed by atoms with van der Waals surface area (Å²) in [5, 5.41) is -0.632. The lowest BCUT2D eigenvalue weighted by molar-refractivity contribution is -0.137. The van der Waals surface area contributed by atoms with E-state index >= 15 is 0 Å². The number of rotatable bonds is 7. The second-order valence-corrected chi connectivity index (χ2v) is 9.35. The highest BCUT2D eigenvalue weighted by atomic mass is 35.7. The number of carbonyl (C=O) groups is 1. The zero-order valence-corrected chi connectivity index (χ0v) is 15.5. The van der Waals surface area contributed by atoms with Crippen LogP contribution in [0.4, 0.5) is 0 Å². The molecular formula is C11H11Cl4NO4S2. The molecule has 2 N–H and O–H groups in total. The summed E-state index contributed by atoms with van der Waals surface area (Å²) in [7, 11) is 1.32. The fraction of sp³-hybridized carbons (Fsp3) is 0.364. The minimum Gasteiger partial charge on any atom is -0.424 e. The van der Waals surface area contributed by atoms with Crippen LogP contribution in [0.1, 0.15) is 0 Å². The van der Waals surface area contributed by atoms with Gasteiger partial charge in [0, 0.05) is 16.4 Å². The van der Waals surface area contributed by atoms with Gasteiger partial charge in [0.15, 0.2) is 0 Å². The Morgan fingerprint density at radius 3 is 2.36 bits per heavy atom. The minimum absolute atomic E-state index is 0.0541. The fourth-order valence-electron chi connectivity index (χ4n) is 1.25. The van der Waals surface area contributed by atoms with Gasteiger partial charge in [-0.2, -0.15) is 0 Å². The number of benzene rings is 1. The molecule has 11 heteroatoms. The average molecular weight is 427 g/mol. The van der Waals surface area contributed by atoms with Crippen molar-refractivity contribution in [3.05, 3.63) is 24.3 Å². The number of hydrogen-bond donors (Lipinski definition) is 1. The van der Waals surface area contributed by atoms with Crippen molar-refractivity contribution < 1.29 is 17.9 Å². The van der Waals surface area contributed by atoms with Crippen molar-refractivity contribution in [2.75, 3.05) is 11.0 Å². The Balaban J connectivity index is 2.79. The van der Waals surface area contributed by atoms with Crippen LogP contribution in [-0.2, 0) is 13.8 Å². The van der Waals surface area contributed by atoms with Gasteiger partial charge in [0.25, 0.3) is 9.05 Å². The molecule has 0 aliphatic rings. The number of halogens is 4. The average Bonchev–Trinajstić information content (AvgIpc) is 2.44.